The Morgan fingerprint density at radius 1 is 0.848 bits per heavy atom. The van der Waals surface area contributed by atoms with Crippen molar-refractivity contribution in [1.82, 2.24) is 4.90 Å². The number of carbonyl (C=O) groups is 3. The van der Waals surface area contributed by atoms with Crippen molar-refractivity contribution in [3.63, 3.8) is 0 Å². The van der Waals surface area contributed by atoms with E-state index in [4.69, 9.17) is 0 Å². The molecule has 0 aliphatic carbocycles. The fraction of sp³-hybridized carbons (Fsp3) is 0.250. The van der Waals surface area contributed by atoms with Crippen LogP contribution in [0.15, 0.2) is 72.8 Å². The molecule has 0 radical (unpaired) electrons. The Morgan fingerprint density at radius 2 is 1.52 bits per heavy atom. The molecule has 3 aromatic carbocycles. The van der Waals surface area contributed by atoms with Gasteiger partial charge < -0.3 is 4.90 Å². The molecule has 3 amide bonds. The van der Waals surface area contributed by atoms with E-state index in [0.29, 0.717) is 41.4 Å². The molecule has 5 rings (SSSR count). The topological polar surface area (TPSA) is 57.7 Å². The molecule has 5 nitrogen and oxygen atoms in total. The molecule has 0 atom stereocenters. The zero-order valence-corrected chi connectivity index (χ0v) is 18.7. The highest BCUT2D eigenvalue weighted by molar-refractivity contribution is 6.34. The van der Waals surface area contributed by atoms with Crippen molar-refractivity contribution in [2.45, 2.75) is 26.2 Å². The Labute approximate surface area is 193 Å². The Balaban J connectivity index is 1.28. The van der Waals surface area contributed by atoms with E-state index in [-0.39, 0.29) is 17.7 Å². The number of imide groups is 1. The number of piperidine rings is 1. The normalized spacial score (nSPS) is 16.3. The molecule has 0 N–H and O–H groups in total. The number of hydrogen-bond donors (Lipinski definition) is 0. The van der Waals surface area contributed by atoms with E-state index in [1.165, 1.54) is 10.5 Å². The largest absolute Gasteiger partial charge is 0.339 e. The lowest BCUT2D eigenvalue weighted by atomic mass is 9.90. The van der Waals surface area contributed by atoms with Crippen molar-refractivity contribution >= 4 is 23.4 Å². The van der Waals surface area contributed by atoms with Crippen molar-refractivity contribution < 1.29 is 14.4 Å². The average molecular weight is 439 g/mol. The third kappa shape index (κ3) is 4.07. The zero-order chi connectivity index (χ0) is 22.9. The molecule has 2 heterocycles. The number of rotatable bonds is 4. The summed E-state index contributed by atoms with van der Waals surface area (Å²) < 4.78 is 0. The highest BCUT2D eigenvalue weighted by atomic mass is 16.2. The number of likely N-dealkylation sites (tertiary alicyclic amines) is 1. The Hall–Kier alpha value is -3.73. The van der Waals surface area contributed by atoms with Crippen molar-refractivity contribution in [2.75, 3.05) is 18.0 Å². The third-order valence-electron chi connectivity index (χ3n) is 6.69. The van der Waals surface area contributed by atoms with Gasteiger partial charge in [-0.2, -0.15) is 0 Å². The first kappa shape index (κ1) is 21.1. The van der Waals surface area contributed by atoms with Gasteiger partial charge in [0, 0.05) is 18.7 Å². The molecular weight excluding hydrogens is 412 g/mol. The number of amides is 3. The smallest absolute Gasteiger partial charge is 0.266 e. The predicted molar refractivity (Wildman–Crippen MR) is 128 cm³/mol. The number of anilines is 1. The highest BCUT2D eigenvalue weighted by Crippen LogP contribution is 2.30. The first-order valence-corrected chi connectivity index (χ1v) is 11.4. The van der Waals surface area contributed by atoms with Crippen LogP contribution in [0.1, 0.15) is 55.0 Å². The first-order chi connectivity index (χ1) is 16.0. The van der Waals surface area contributed by atoms with E-state index in [1.54, 1.807) is 30.3 Å². The minimum Gasteiger partial charge on any atom is -0.339 e. The molecule has 2 aliphatic heterocycles. The van der Waals surface area contributed by atoms with Gasteiger partial charge in [-0.25, -0.2) is 4.90 Å². The van der Waals surface area contributed by atoms with Crippen LogP contribution >= 0.6 is 0 Å². The SMILES string of the molecule is Cc1ccc(N2C(=O)c3ccc(C(=O)N4CCC(Cc5ccccc5)CC4)cc3C2=O)cc1. The van der Waals surface area contributed by atoms with E-state index >= 15 is 0 Å². The zero-order valence-electron chi connectivity index (χ0n) is 18.7. The van der Waals surface area contributed by atoms with Crippen molar-refractivity contribution in [2.24, 2.45) is 5.92 Å². The van der Waals surface area contributed by atoms with Gasteiger partial charge in [0.15, 0.2) is 0 Å². The second kappa shape index (κ2) is 8.66. The number of hydrogen-bond acceptors (Lipinski definition) is 3. The number of carbonyl (C=O) groups excluding carboxylic acids is 3. The number of nitrogens with zero attached hydrogens (tertiary/aromatic N) is 2. The Kier molecular flexibility index (Phi) is 5.55. The lowest BCUT2D eigenvalue weighted by molar-refractivity contribution is 0.0690. The molecule has 1 fully saturated rings. The van der Waals surface area contributed by atoms with Crippen LogP contribution < -0.4 is 4.90 Å². The second-order valence-corrected chi connectivity index (χ2v) is 8.97. The number of fused-ring (bicyclic) bond motifs is 1. The fourth-order valence-corrected chi connectivity index (χ4v) is 4.77. The molecule has 0 aromatic heterocycles. The van der Waals surface area contributed by atoms with Crippen LogP contribution in [0.5, 0.6) is 0 Å². The van der Waals surface area contributed by atoms with Crippen LogP contribution in [0.3, 0.4) is 0 Å². The van der Waals surface area contributed by atoms with E-state index in [0.717, 1.165) is 24.8 Å². The Morgan fingerprint density at radius 3 is 2.21 bits per heavy atom. The van der Waals surface area contributed by atoms with Crippen molar-refractivity contribution in [1.29, 1.82) is 0 Å². The summed E-state index contributed by atoms with van der Waals surface area (Å²) in [5, 5.41) is 0. The molecule has 0 saturated carbocycles. The Bertz CT molecular complexity index is 1210. The van der Waals surface area contributed by atoms with Crippen LogP contribution in [0.2, 0.25) is 0 Å². The van der Waals surface area contributed by atoms with Crippen LogP contribution in [-0.2, 0) is 6.42 Å². The summed E-state index contributed by atoms with van der Waals surface area (Å²) >= 11 is 0. The highest BCUT2D eigenvalue weighted by Gasteiger charge is 2.37. The molecule has 3 aromatic rings. The summed E-state index contributed by atoms with van der Waals surface area (Å²) in [5.74, 6) is -0.238. The van der Waals surface area contributed by atoms with Crippen molar-refractivity contribution in [3.05, 3.63) is 101 Å². The summed E-state index contributed by atoms with van der Waals surface area (Å²) in [6.07, 6.45) is 2.96. The van der Waals surface area contributed by atoms with E-state index in [9.17, 15) is 14.4 Å². The molecule has 0 bridgehead atoms. The molecule has 33 heavy (non-hydrogen) atoms. The van der Waals surface area contributed by atoms with Gasteiger partial charge in [0.05, 0.1) is 16.8 Å². The predicted octanol–water partition coefficient (Wildman–Crippen LogP) is 4.89. The summed E-state index contributed by atoms with van der Waals surface area (Å²) in [4.78, 5) is 42.1. The maximum Gasteiger partial charge on any atom is 0.266 e. The van der Waals surface area contributed by atoms with Crippen LogP contribution in [0.25, 0.3) is 0 Å². The molecule has 0 spiro atoms. The maximum absolute atomic E-state index is 13.2. The number of benzene rings is 3. The quantitative estimate of drug-likeness (QED) is 0.545. The summed E-state index contributed by atoms with van der Waals surface area (Å²) in [5.41, 5.74) is 4.03. The standard InChI is InChI=1S/C28H26N2O3/c1-19-7-10-23(11-8-19)30-27(32)24-12-9-22(18-25(24)28(30)33)26(31)29-15-13-21(14-16-29)17-20-5-3-2-4-6-20/h2-12,18,21H,13-17H2,1H3. The van der Waals surface area contributed by atoms with E-state index in [1.807, 2.05) is 30.0 Å². The molecule has 5 heteroatoms. The van der Waals surface area contributed by atoms with Gasteiger partial charge in [-0.3, -0.25) is 14.4 Å². The lowest BCUT2D eigenvalue weighted by Crippen LogP contribution is -2.39. The minimum atomic E-state index is -0.380. The third-order valence-corrected chi connectivity index (χ3v) is 6.69. The molecule has 2 aliphatic rings. The summed E-state index contributed by atoms with van der Waals surface area (Å²) in [7, 11) is 0. The van der Waals surface area contributed by atoms with Gasteiger partial charge in [0.2, 0.25) is 0 Å². The van der Waals surface area contributed by atoms with Crippen LogP contribution in [0.4, 0.5) is 5.69 Å². The second-order valence-electron chi connectivity index (χ2n) is 8.97. The molecule has 166 valence electrons. The minimum absolute atomic E-state index is 0.0787. The average Bonchev–Trinajstić information content (AvgIpc) is 3.10. The van der Waals surface area contributed by atoms with E-state index < -0.39 is 0 Å². The molecule has 0 unspecified atom stereocenters. The first-order valence-electron chi connectivity index (χ1n) is 11.4. The molecular formula is C28H26N2O3. The number of aryl methyl sites for hydroxylation is 1. The fourth-order valence-electron chi connectivity index (χ4n) is 4.77. The van der Waals surface area contributed by atoms with Crippen LogP contribution in [-0.4, -0.2) is 35.7 Å². The van der Waals surface area contributed by atoms with Gasteiger partial charge in [0.1, 0.15) is 0 Å². The van der Waals surface area contributed by atoms with Crippen molar-refractivity contribution in [3.8, 4) is 0 Å². The van der Waals surface area contributed by atoms with Gasteiger partial charge in [0.25, 0.3) is 17.7 Å². The summed E-state index contributed by atoms with van der Waals surface area (Å²) in [6.45, 7) is 3.36. The van der Waals surface area contributed by atoms with Crippen LogP contribution in [0, 0.1) is 12.8 Å². The van der Waals surface area contributed by atoms with Gasteiger partial charge in [-0.1, -0.05) is 48.0 Å². The van der Waals surface area contributed by atoms with Gasteiger partial charge in [-0.05, 0) is 68.0 Å². The monoisotopic (exact) mass is 438 g/mol. The van der Waals surface area contributed by atoms with Gasteiger partial charge >= 0.3 is 0 Å². The maximum atomic E-state index is 13.2. The summed E-state index contributed by atoms with van der Waals surface area (Å²) in [6, 6.07) is 22.6. The molecule has 1 saturated heterocycles. The van der Waals surface area contributed by atoms with Gasteiger partial charge in [-0.15, -0.1) is 0 Å². The van der Waals surface area contributed by atoms with E-state index in [2.05, 4.69) is 24.3 Å². The lowest BCUT2D eigenvalue weighted by Gasteiger charge is -2.32.